The molecule has 0 saturated heterocycles. The van der Waals surface area contributed by atoms with E-state index in [0.29, 0.717) is 13.1 Å². The van der Waals surface area contributed by atoms with Gasteiger partial charge in [-0.1, -0.05) is 13.3 Å². The predicted octanol–water partition coefficient (Wildman–Crippen LogP) is 1.95. The van der Waals surface area contributed by atoms with Crippen molar-refractivity contribution in [2.45, 2.75) is 32.4 Å². The van der Waals surface area contributed by atoms with Gasteiger partial charge in [0.1, 0.15) is 11.5 Å². The SMILES string of the molecule is CCCC(O)CNCc1cc(OC)cc(OC)c1. The lowest BCUT2D eigenvalue weighted by Crippen LogP contribution is -2.26. The molecule has 0 aliphatic carbocycles. The van der Waals surface area contributed by atoms with Gasteiger partial charge < -0.3 is 19.9 Å². The van der Waals surface area contributed by atoms with E-state index in [2.05, 4.69) is 12.2 Å². The Hall–Kier alpha value is -1.26. The second-order valence-electron chi connectivity index (χ2n) is 4.29. The van der Waals surface area contributed by atoms with Gasteiger partial charge in [0.15, 0.2) is 0 Å². The molecule has 0 bridgehead atoms. The molecule has 1 aromatic rings. The molecule has 0 saturated carbocycles. The van der Waals surface area contributed by atoms with Gasteiger partial charge in [0.2, 0.25) is 0 Å². The van der Waals surface area contributed by atoms with Crippen LogP contribution in [0.3, 0.4) is 0 Å². The Kier molecular flexibility index (Phi) is 6.54. The Morgan fingerprint density at radius 1 is 1.17 bits per heavy atom. The first-order valence-corrected chi connectivity index (χ1v) is 6.30. The highest BCUT2D eigenvalue weighted by Crippen LogP contribution is 2.22. The van der Waals surface area contributed by atoms with Gasteiger partial charge in [-0.2, -0.15) is 0 Å². The second-order valence-corrected chi connectivity index (χ2v) is 4.29. The van der Waals surface area contributed by atoms with Crippen LogP contribution in [0.1, 0.15) is 25.3 Å². The van der Waals surface area contributed by atoms with E-state index in [1.54, 1.807) is 14.2 Å². The van der Waals surface area contributed by atoms with Gasteiger partial charge in [-0.15, -0.1) is 0 Å². The van der Waals surface area contributed by atoms with Crippen LogP contribution in [-0.4, -0.2) is 32.0 Å². The maximum atomic E-state index is 9.62. The fraction of sp³-hybridized carbons (Fsp3) is 0.571. The van der Waals surface area contributed by atoms with E-state index in [-0.39, 0.29) is 6.10 Å². The molecule has 102 valence electrons. The topological polar surface area (TPSA) is 50.7 Å². The molecule has 1 aromatic carbocycles. The Labute approximate surface area is 109 Å². The smallest absolute Gasteiger partial charge is 0.122 e. The maximum absolute atomic E-state index is 9.62. The lowest BCUT2D eigenvalue weighted by molar-refractivity contribution is 0.160. The number of nitrogens with one attached hydrogen (secondary N) is 1. The van der Waals surface area contributed by atoms with Crippen LogP contribution in [-0.2, 0) is 6.54 Å². The predicted molar refractivity (Wildman–Crippen MR) is 72.2 cm³/mol. The number of rotatable bonds is 8. The largest absolute Gasteiger partial charge is 0.497 e. The molecule has 2 N–H and O–H groups in total. The molecular weight excluding hydrogens is 230 g/mol. The van der Waals surface area contributed by atoms with Crippen LogP contribution in [0.4, 0.5) is 0 Å². The Balaban J connectivity index is 2.50. The van der Waals surface area contributed by atoms with Crippen molar-refractivity contribution in [3.63, 3.8) is 0 Å². The average molecular weight is 253 g/mol. The second kappa shape index (κ2) is 7.95. The lowest BCUT2D eigenvalue weighted by atomic mass is 10.2. The molecule has 1 unspecified atom stereocenters. The first kappa shape index (κ1) is 14.8. The third-order valence-corrected chi connectivity index (χ3v) is 2.74. The Morgan fingerprint density at radius 2 is 1.78 bits per heavy atom. The standard InChI is InChI=1S/C14H23NO3/c1-4-5-12(16)10-15-9-11-6-13(17-2)8-14(7-11)18-3/h6-8,12,15-16H,4-5,9-10H2,1-3H3. The van der Waals surface area contributed by atoms with Crippen LogP contribution in [0.15, 0.2) is 18.2 Å². The number of hydrogen-bond acceptors (Lipinski definition) is 4. The zero-order chi connectivity index (χ0) is 13.4. The van der Waals surface area contributed by atoms with Gasteiger partial charge in [-0.25, -0.2) is 0 Å². The van der Waals surface area contributed by atoms with Crippen LogP contribution >= 0.6 is 0 Å². The van der Waals surface area contributed by atoms with Gasteiger partial charge in [0.25, 0.3) is 0 Å². The monoisotopic (exact) mass is 253 g/mol. The Bertz CT molecular complexity index is 333. The van der Waals surface area contributed by atoms with Crippen LogP contribution in [0.25, 0.3) is 0 Å². The minimum Gasteiger partial charge on any atom is -0.497 e. The van der Waals surface area contributed by atoms with Crippen molar-refractivity contribution in [1.82, 2.24) is 5.32 Å². The summed E-state index contributed by atoms with van der Waals surface area (Å²) in [5, 5.41) is 12.8. The van der Waals surface area contributed by atoms with Crippen molar-refractivity contribution in [2.24, 2.45) is 0 Å². The first-order valence-electron chi connectivity index (χ1n) is 6.30. The molecule has 0 heterocycles. The van der Waals surface area contributed by atoms with E-state index in [9.17, 15) is 5.11 Å². The Morgan fingerprint density at radius 3 is 2.28 bits per heavy atom. The van der Waals surface area contributed by atoms with Crippen molar-refractivity contribution in [3.05, 3.63) is 23.8 Å². The molecule has 4 nitrogen and oxygen atoms in total. The summed E-state index contributed by atoms with van der Waals surface area (Å²) in [5.74, 6) is 1.56. The van der Waals surface area contributed by atoms with Gasteiger partial charge >= 0.3 is 0 Å². The first-order chi connectivity index (χ1) is 8.69. The molecule has 18 heavy (non-hydrogen) atoms. The molecule has 4 heteroatoms. The third-order valence-electron chi connectivity index (χ3n) is 2.74. The summed E-state index contributed by atoms with van der Waals surface area (Å²) >= 11 is 0. The fourth-order valence-electron chi connectivity index (χ4n) is 1.79. The van der Waals surface area contributed by atoms with E-state index in [1.807, 2.05) is 18.2 Å². The highest BCUT2D eigenvalue weighted by atomic mass is 16.5. The van der Waals surface area contributed by atoms with Crippen molar-refractivity contribution >= 4 is 0 Å². The number of hydrogen-bond donors (Lipinski definition) is 2. The summed E-state index contributed by atoms with van der Waals surface area (Å²) in [4.78, 5) is 0. The summed E-state index contributed by atoms with van der Waals surface area (Å²) in [6.45, 7) is 3.36. The summed E-state index contributed by atoms with van der Waals surface area (Å²) in [6.07, 6.45) is 1.55. The highest BCUT2D eigenvalue weighted by molar-refractivity contribution is 5.38. The van der Waals surface area contributed by atoms with E-state index in [0.717, 1.165) is 29.9 Å². The van der Waals surface area contributed by atoms with Gasteiger partial charge in [-0.05, 0) is 24.1 Å². The van der Waals surface area contributed by atoms with Crippen LogP contribution < -0.4 is 14.8 Å². The summed E-state index contributed by atoms with van der Waals surface area (Å²) < 4.78 is 10.4. The van der Waals surface area contributed by atoms with Crippen LogP contribution in [0.5, 0.6) is 11.5 Å². The zero-order valence-corrected chi connectivity index (χ0v) is 11.4. The number of aliphatic hydroxyl groups is 1. The van der Waals surface area contributed by atoms with Gasteiger partial charge in [0.05, 0.1) is 20.3 Å². The van der Waals surface area contributed by atoms with Gasteiger partial charge in [-0.3, -0.25) is 0 Å². The number of ether oxygens (including phenoxy) is 2. The third kappa shape index (κ3) is 4.94. The van der Waals surface area contributed by atoms with Crippen molar-refractivity contribution in [2.75, 3.05) is 20.8 Å². The van der Waals surface area contributed by atoms with Crippen molar-refractivity contribution in [3.8, 4) is 11.5 Å². The molecule has 0 fully saturated rings. The molecule has 0 aliphatic rings. The molecule has 0 radical (unpaired) electrons. The zero-order valence-electron chi connectivity index (χ0n) is 11.4. The number of benzene rings is 1. The minimum atomic E-state index is -0.275. The molecule has 1 rings (SSSR count). The number of aliphatic hydroxyl groups excluding tert-OH is 1. The van der Waals surface area contributed by atoms with Gasteiger partial charge in [0, 0.05) is 19.2 Å². The molecular formula is C14H23NO3. The van der Waals surface area contributed by atoms with E-state index in [1.165, 1.54) is 0 Å². The lowest BCUT2D eigenvalue weighted by Gasteiger charge is -2.12. The van der Waals surface area contributed by atoms with Crippen LogP contribution in [0, 0.1) is 0 Å². The van der Waals surface area contributed by atoms with Crippen LogP contribution in [0.2, 0.25) is 0 Å². The van der Waals surface area contributed by atoms with E-state index in [4.69, 9.17) is 9.47 Å². The average Bonchev–Trinajstić information content (AvgIpc) is 2.38. The summed E-state index contributed by atoms with van der Waals surface area (Å²) in [6, 6.07) is 5.76. The minimum absolute atomic E-state index is 0.275. The maximum Gasteiger partial charge on any atom is 0.122 e. The summed E-state index contributed by atoms with van der Waals surface area (Å²) in [5.41, 5.74) is 1.08. The van der Waals surface area contributed by atoms with Crippen molar-refractivity contribution in [1.29, 1.82) is 0 Å². The molecule has 0 amide bonds. The highest BCUT2D eigenvalue weighted by Gasteiger charge is 2.04. The number of methoxy groups -OCH3 is 2. The normalized spacial score (nSPS) is 12.2. The van der Waals surface area contributed by atoms with E-state index < -0.39 is 0 Å². The quantitative estimate of drug-likeness (QED) is 0.743. The molecule has 0 spiro atoms. The van der Waals surface area contributed by atoms with E-state index >= 15 is 0 Å². The van der Waals surface area contributed by atoms with Crippen molar-refractivity contribution < 1.29 is 14.6 Å². The molecule has 0 aromatic heterocycles. The molecule has 1 atom stereocenters. The molecule has 0 aliphatic heterocycles. The summed E-state index contributed by atoms with van der Waals surface area (Å²) in [7, 11) is 3.27. The fourth-order valence-corrected chi connectivity index (χ4v) is 1.79.